The fraction of sp³-hybridized carbons (Fsp3) is 0.444. The summed E-state index contributed by atoms with van der Waals surface area (Å²) >= 11 is 0. The number of nitrogens with one attached hydrogen (secondary N) is 1. The van der Waals surface area contributed by atoms with Gasteiger partial charge >= 0.3 is 0 Å². The maximum atomic E-state index is 12.6. The summed E-state index contributed by atoms with van der Waals surface area (Å²) in [5.41, 5.74) is 3.49. The lowest BCUT2D eigenvalue weighted by molar-refractivity contribution is 0.102. The lowest BCUT2D eigenvalue weighted by Gasteiger charge is -2.25. The van der Waals surface area contributed by atoms with E-state index >= 15 is 0 Å². The topological polar surface area (TPSA) is 50.2 Å². The Bertz CT molecular complexity index is 684. The standard InChI is InChI=1S/C18H24N4O/c1-14-15(13-19-21(14)2)18(23)20-16-9-5-6-10-17(16)22-11-7-3-4-8-12-22/h5-6,9-10,13H,3-4,7-8,11-12H2,1-2H3,(H,20,23). The molecule has 3 rings (SSSR count). The Morgan fingerprint density at radius 1 is 1.13 bits per heavy atom. The number of hydrogen-bond donors (Lipinski definition) is 1. The van der Waals surface area contributed by atoms with E-state index in [9.17, 15) is 4.79 Å². The summed E-state index contributed by atoms with van der Waals surface area (Å²) < 4.78 is 1.72. The van der Waals surface area contributed by atoms with Gasteiger partial charge in [-0.05, 0) is 31.9 Å². The quantitative estimate of drug-likeness (QED) is 0.945. The van der Waals surface area contributed by atoms with Gasteiger partial charge in [0.15, 0.2) is 0 Å². The summed E-state index contributed by atoms with van der Waals surface area (Å²) in [5.74, 6) is -0.0992. The van der Waals surface area contributed by atoms with Gasteiger partial charge in [0.2, 0.25) is 0 Å². The molecule has 0 bridgehead atoms. The highest BCUT2D eigenvalue weighted by Gasteiger charge is 2.17. The molecule has 23 heavy (non-hydrogen) atoms. The van der Waals surface area contributed by atoms with Gasteiger partial charge in [-0.1, -0.05) is 25.0 Å². The molecule has 1 saturated heterocycles. The molecule has 1 aromatic carbocycles. The third-order valence-electron chi connectivity index (χ3n) is 4.58. The molecule has 122 valence electrons. The minimum absolute atomic E-state index is 0.0992. The van der Waals surface area contributed by atoms with Gasteiger partial charge in [-0.3, -0.25) is 9.48 Å². The van der Waals surface area contributed by atoms with Gasteiger partial charge in [-0.25, -0.2) is 0 Å². The van der Waals surface area contributed by atoms with Crippen LogP contribution < -0.4 is 10.2 Å². The van der Waals surface area contributed by atoms with Crippen molar-refractivity contribution in [2.75, 3.05) is 23.3 Å². The number of benzene rings is 1. The van der Waals surface area contributed by atoms with Gasteiger partial charge < -0.3 is 10.2 Å². The third kappa shape index (κ3) is 3.38. The third-order valence-corrected chi connectivity index (χ3v) is 4.58. The number of aryl methyl sites for hydroxylation is 1. The van der Waals surface area contributed by atoms with Gasteiger partial charge in [0.1, 0.15) is 0 Å². The summed E-state index contributed by atoms with van der Waals surface area (Å²) in [7, 11) is 1.84. The van der Waals surface area contributed by atoms with E-state index in [0.29, 0.717) is 5.56 Å². The number of nitrogens with zero attached hydrogens (tertiary/aromatic N) is 3. The van der Waals surface area contributed by atoms with Crippen molar-refractivity contribution >= 4 is 17.3 Å². The van der Waals surface area contributed by atoms with E-state index in [-0.39, 0.29) is 5.91 Å². The van der Waals surface area contributed by atoms with Crippen molar-refractivity contribution < 1.29 is 4.79 Å². The maximum absolute atomic E-state index is 12.6. The first kappa shape index (κ1) is 15.6. The second-order valence-electron chi connectivity index (χ2n) is 6.14. The molecule has 1 aromatic heterocycles. The molecular formula is C18H24N4O. The van der Waals surface area contributed by atoms with Crippen molar-refractivity contribution in [3.63, 3.8) is 0 Å². The van der Waals surface area contributed by atoms with E-state index in [2.05, 4.69) is 21.4 Å². The molecule has 5 nitrogen and oxygen atoms in total. The van der Waals surface area contributed by atoms with Crippen LogP contribution in [0.3, 0.4) is 0 Å². The predicted molar refractivity (Wildman–Crippen MR) is 93.0 cm³/mol. The molecule has 0 radical (unpaired) electrons. The zero-order valence-electron chi connectivity index (χ0n) is 13.9. The molecule has 1 amide bonds. The average Bonchev–Trinajstić information content (AvgIpc) is 2.77. The first-order valence-electron chi connectivity index (χ1n) is 8.31. The van der Waals surface area contributed by atoms with Crippen LogP contribution in [0.4, 0.5) is 11.4 Å². The number of amides is 1. The van der Waals surface area contributed by atoms with Crippen molar-refractivity contribution in [2.24, 2.45) is 7.05 Å². The fourth-order valence-electron chi connectivity index (χ4n) is 3.08. The van der Waals surface area contributed by atoms with Crippen LogP contribution in [0, 0.1) is 6.92 Å². The number of aromatic nitrogens is 2. The molecular weight excluding hydrogens is 288 g/mol. The first-order valence-corrected chi connectivity index (χ1v) is 8.31. The first-order chi connectivity index (χ1) is 11.2. The number of carbonyl (C=O) groups is 1. The summed E-state index contributed by atoms with van der Waals surface area (Å²) in [6.07, 6.45) is 6.63. The lowest BCUT2D eigenvalue weighted by Crippen LogP contribution is -2.25. The fourth-order valence-corrected chi connectivity index (χ4v) is 3.08. The highest BCUT2D eigenvalue weighted by Crippen LogP contribution is 2.28. The molecule has 1 aliphatic heterocycles. The van der Waals surface area contributed by atoms with Crippen molar-refractivity contribution in [3.8, 4) is 0 Å². The molecule has 0 aliphatic carbocycles. The molecule has 1 fully saturated rings. The highest BCUT2D eigenvalue weighted by molar-refractivity contribution is 6.06. The van der Waals surface area contributed by atoms with Crippen LogP contribution in [0.25, 0.3) is 0 Å². The maximum Gasteiger partial charge on any atom is 0.259 e. The van der Waals surface area contributed by atoms with Crippen molar-refractivity contribution in [3.05, 3.63) is 41.7 Å². The zero-order chi connectivity index (χ0) is 16.2. The number of carbonyl (C=O) groups excluding carboxylic acids is 1. The number of rotatable bonds is 3. The van der Waals surface area contributed by atoms with Crippen molar-refractivity contribution in [1.82, 2.24) is 9.78 Å². The normalized spacial score (nSPS) is 15.3. The van der Waals surface area contributed by atoms with Gasteiger partial charge in [0.05, 0.1) is 23.1 Å². The summed E-state index contributed by atoms with van der Waals surface area (Å²) in [6, 6.07) is 8.07. The van der Waals surface area contributed by atoms with Crippen molar-refractivity contribution in [2.45, 2.75) is 32.6 Å². The number of para-hydroxylation sites is 2. The van der Waals surface area contributed by atoms with E-state index in [4.69, 9.17) is 0 Å². The monoisotopic (exact) mass is 312 g/mol. The Labute approximate surface area is 137 Å². The molecule has 0 atom stereocenters. The van der Waals surface area contributed by atoms with Crippen LogP contribution in [-0.2, 0) is 7.05 Å². The van der Waals surface area contributed by atoms with Crippen LogP contribution in [0.2, 0.25) is 0 Å². The van der Waals surface area contributed by atoms with Crippen LogP contribution in [-0.4, -0.2) is 28.8 Å². The summed E-state index contributed by atoms with van der Waals surface area (Å²) in [6.45, 7) is 4.01. The Kier molecular flexibility index (Phi) is 4.65. The molecule has 1 aliphatic rings. The van der Waals surface area contributed by atoms with Gasteiger partial charge in [0, 0.05) is 25.8 Å². The van der Waals surface area contributed by atoms with E-state index in [1.807, 2.05) is 32.2 Å². The molecule has 2 aromatic rings. The highest BCUT2D eigenvalue weighted by atomic mass is 16.1. The summed E-state index contributed by atoms with van der Waals surface area (Å²) in [5, 5.41) is 7.21. The summed E-state index contributed by atoms with van der Waals surface area (Å²) in [4.78, 5) is 15.0. The predicted octanol–water partition coefficient (Wildman–Crippen LogP) is 3.36. The van der Waals surface area contributed by atoms with Crippen LogP contribution in [0.15, 0.2) is 30.5 Å². The molecule has 2 heterocycles. The SMILES string of the molecule is Cc1c(C(=O)Nc2ccccc2N2CCCCCC2)cnn1C. The Balaban J connectivity index is 1.82. The largest absolute Gasteiger partial charge is 0.370 e. The van der Waals surface area contributed by atoms with Gasteiger partial charge in [-0.15, -0.1) is 0 Å². The molecule has 5 heteroatoms. The number of anilines is 2. The van der Waals surface area contributed by atoms with Crippen LogP contribution in [0.1, 0.15) is 41.7 Å². The zero-order valence-corrected chi connectivity index (χ0v) is 13.9. The molecule has 0 spiro atoms. The smallest absolute Gasteiger partial charge is 0.259 e. The number of hydrogen-bond acceptors (Lipinski definition) is 3. The average molecular weight is 312 g/mol. The van der Waals surface area contributed by atoms with E-state index in [0.717, 1.165) is 30.2 Å². The van der Waals surface area contributed by atoms with Gasteiger partial charge in [0.25, 0.3) is 5.91 Å². The van der Waals surface area contributed by atoms with E-state index < -0.39 is 0 Å². The van der Waals surface area contributed by atoms with Crippen LogP contribution in [0.5, 0.6) is 0 Å². The van der Waals surface area contributed by atoms with Crippen molar-refractivity contribution in [1.29, 1.82) is 0 Å². The van der Waals surface area contributed by atoms with E-state index in [1.165, 1.54) is 25.7 Å². The minimum atomic E-state index is -0.0992. The second-order valence-corrected chi connectivity index (χ2v) is 6.14. The molecule has 0 saturated carbocycles. The van der Waals surface area contributed by atoms with E-state index in [1.54, 1.807) is 10.9 Å². The Hall–Kier alpha value is -2.30. The Morgan fingerprint density at radius 2 is 1.83 bits per heavy atom. The van der Waals surface area contributed by atoms with Crippen LogP contribution >= 0.6 is 0 Å². The molecule has 0 unspecified atom stereocenters. The lowest BCUT2D eigenvalue weighted by atomic mass is 10.2. The minimum Gasteiger partial charge on any atom is -0.370 e. The second kappa shape index (κ2) is 6.86. The molecule has 1 N–H and O–H groups in total. The Morgan fingerprint density at radius 3 is 2.48 bits per heavy atom. The van der Waals surface area contributed by atoms with Gasteiger partial charge in [-0.2, -0.15) is 5.10 Å².